The summed E-state index contributed by atoms with van der Waals surface area (Å²) in [6.07, 6.45) is 3.43. The van der Waals surface area contributed by atoms with E-state index < -0.39 is 0 Å². The average molecular weight is 243 g/mol. The molecule has 3 N–H and O–H groups in total. The van der Waals surface area contributed by atoms with Crippen molar-refractivity contribution in [2.45, 2.75) is 19.3 Å². The van der Waals surface area contributed by atoms with Gasteiger partial charge in [0.25, 0.3) is 0 Å². The quantitative estimate of drug-likeness (QED) is 0.430. The normalized spacial score (nSPS) is 16.2. The Labute approximate surface area is 101 Å². The molecule has 0 aliphatic carbocycles. The van der Waals surface area contributed by atoms with Crippen LogP contribution in [0, 0.1) is 5.92 Å². The van der Waals surface area contributed by atoms with Gasteiger partial charge in [-0.05, 0) is 25.2 Å². The van der Waals surface area contributed by atoms with Gasteiger partial charge in [-0.2, -0.15) is 0 Å². The number of hydrogen-bond donors (Lipinski definition) is 3. The highest BCUT2D eigenvalue weighted by molar-refractivity contribution is 5.73. The predicted molar refractivity (Wildman–Crippen MR) is 63.6 cm³/mol. The summed E-state index contributed by atoms with van der Waals surface area (Å²) in [5.74, 6) is 0.534. The Kier molecular flexibility index (Phi) is 7.13. The fourth-order valence-corrected chi connectivity index (χ4v) is 1.70. The van der Waals surface area contributed by atoms with Crippen LogP contribution >= 0.6 is 0 Å². The zero-order chi connectivity index (χ0) is 12.3. The highest BCUT2D eigenvalue weighted by Crippen LogP contribution is 2.12. The maximum atomic E-state index is 11.4. The van der Waals surface area contributed by atoms with Crippen LogP contribution in [0.15, 0.2) is 0 Å². The molecule has 6 nitrogen and oxygen atoms in total. The first-order valence-corrected chi connectivity index (χ1v) is 6.09. The molecule has 0 bridgehead atoms. The van der Waals surface area contributed by atoms with Crippen molar-refractivity contribution in [2.24, 2.45) is 5.92 Å². The van der Waals surface area contributed by atoms with E-state index in [1.165, 1.54) is 0 Å². The van der Waals surface area contributed by atoms with Gasteiger partial charge in [0.05, 0.1) is 0 Å². The summed E-state index contributed by atoms with van der Waals surface area (Å²) in [5, 5.41) is 8.13. The molecule has 1 aliphatic heterocycles. The van der Waals surface area contributed by atoms with Crippen molar-refractivity contribution in [1.82, 2.24) is 16.0 Å². The zero-order valence-electron chi connectivity index (χ0n) is 10.0. The molecule has 98 valence electrons. The van der Waals surface area contributed by atoms with Gasteiger partial charge in [-0.15, -0.1) is 0 Å². The van der Waals surface area contributed by atoms with Crippen molar-refractivity contribution in [3.05, 3.63) is 0 Å². The summed E-state index contributed by atoms with van der Waals surface area (Å²) < 4.78 is 5.25. The lowest BCUT2D eigenvalue weighted by Crippen LogP contribution is -2.40. The number of nitrogens with one attached hydrogen (secondary N) is 3. The van der Waals surface area contributed by atoms with Crippen LogP contribution < -0.4 is 16.0 Å². The van der Waals surface area contributed by atoms with E-state index in [1.807, 2.05) is 0 Å². The number of amides is 3. The van der Waals surface area contributed by atoms with Crippen LogP contribution in [-0.4, -0.2) is 45.3 Å². The SMILES string of the molecule is O=CNCCCNC(=O)NCC1CCOCC1. The van der Waals surface area contributed by atoms with Crippen LogP contribution in [0.1, 0.15) is 19.3 Å². The van der Waals surface area contributed by atoms with Crippen molar-refractivity contribution in [2.75, 3.05) is 32.8 Å². The number of ether oxygens (including phenoxy) is 1. The molecule has 0 unspecified atom stereocenters. The second kappa shape index (κ2) is 8.81. The second-order valence-corrected chi connectivity index (χ2v) is 4.12. The third kappa shape index (κ3) is 6.78. The first kappa shape index (κ1) is 13.8. The molecular formula is C11H21N3O3. The van der Waals surface area contributed by atoms with E-state index in [9.17, 15) is 9.59 Å². The first-order valence-electron chi connectivity index (χ1n) is 6.09. The van der Waals surface area contributed by atoms with Gasteiger partial charge in [0.15, 0.2) is 0 Å². The summed E-state index contributed by atoms with van der Waals surface area (Å²) in [7, 11) is 0. The monoisotopic (exact) mass is 243 g/mol. The third-order valence-corrected chi connectivity index (χ3v) is 2.76. The van der Waals surface area contributed by atoms with E-state index in [2.05, 4.69) is 16.0 Å². The van der Waals surface area contributed by atoms with Gasteiger partial charge in [-0.25, -0.2) is 4.79 Å². The maximum Gasteiger partial charge on any atom is 0.314 e. The van der Waals surface area contributed by atoms with Crippen LogP contribution in [0.4, 0.5) is 4.79 Å². The Morgan fingerprint density at radius 3 is 2.71 bits per heavy atom. The molecule has 1 rings (SSSR count). The highest BCUT2D eigenvalue weighted by Gasteiger charge is 2.14. The minimum atomic E-state index is -0.136. The van der Waals surface area contributed by atoms with Gasteiger partial charge in [-0.3, -0.25) is 4.79 Å². The molecular weight excluding hydrogens is 222 g/mol. The Morgan fingerprint density at radius 1 is 1.24 bits per heavy atom. The molecule has 17 heavy (non-hydrogen) atoms. The number of carbonyl (C=O) groups is 2. The fourth-order valence-electron chi connectivity index (χ4n) is 1.70. The van der Waals surface area contributed by atoms with E-state index >= 15 is 0 Å². The first-order chi connectivity index (χ1) is 8.33. The van der Waals surface area contributed by atoms with Crippen LogP contribution in [-0.2, 0) is 9.53 Å². The Morgan fingerprint density at radius 2 is 2.00 bits per heavy atom. The third-order valence-electron chi connectivity index (χ3n) is 2.76. The van der Waals surface area contributed by atoms with Crippen LogP contribution in [0.2, 0.25) is 0 Å². The van der Waals surface area contributed by atoms with E-state index in [1.54, 1.807) is 0 Å². The van der Waals surface area contributed by atoms with E-state index in [4.69, 9.17) is 4.74 Å². The molecule has 1 aliphatic rings. The van der Waals surface area contributed by atoms with E-state index in [0.717, 1.165) is 32.5 Å². The lowest BCUT2D eigenvalue weighted by Gasteiger charge is -2.22. The largest absolute Gasteiger partial charge is 0.381 e. The van der Waals surface area contributed by atoms with E-state index in [-0.39, 0.29) is 6.03 Å². The number of carbonyl (C=O) groups excluding carboxylic acids is 2. The van der Waals surface area contributed by atoms with Crippen molar-refractivity contribution >= 4 is 12.4 Å². The highest BCUT2D eigenvalue weighted by atomic mass is 16.5. The van der Waals surface area contributed by atoms with Crippen molar-refractivity contribution in [3.8, 4) is 0 Å². The Balaban J connectivity index is 1.94. The minimum absolute atomic E-state index is 0.136. The molecule has 3 amide bonds. The molecule has 0 spiro atoms. The lowest BCUT2D eigenvalue weighted by molar-refractivity contribution is -0.109. The van der Waals surface area contributed by atoms with Crippen molar-refractivity contribution in [3.63, 3.8) is 0 Å². The molecule has 1 heterocycles. The summed E-state index contributed by atoms with van der Waals surface area (Å²) in [6.45, 7) is 3.46. The standard InChI is InChI=1S/C11H21N3O3/c15-9-12-4-1-5-13-11(16)14-8-10-2-6-17-7-3-10/h9-10H,1-8H2,(H,12,15)(H2,13,14,16). The lowest BCUT2D eigenvalue weighted by atomic mass is 10.0. The average Bonchev–Trinajstić information content (AvgIpc) is 2.37. The molecule has 0 aromatic rings. The predicted octanol–water partition coefficient (Wildman–Crippen LogP) is -0.152. The smallest absolute Gasteiger partial charge is 0.314 e. The summed E-state index contributed by atoms with van der Waals surface area (Å²) in [4.78, 5) is 21.3. The summed E-state index contributed by atoms with van der Waals surface area (Å²) in [5.41, 5.74) is 0. The van der Waals surface area contributed by atoms with Crippen LogP contribution in [0.5, 0.6) is 0 Å². The van der Waals surface area contributed by atoms with Gasteiger partial charge in [0.2, 0.25) is 6.41 Å². The van der Waals surface area contributed by atoms with Gasteiger partial charge in [-0.1, -0.05) is 0 Å². The van der Waals surface area contributed by atoms with Gasteiger partial charge in [0, 0.05) is 32.8 Å². The van der Waals surface area contributed by atoms with Gasteiger partial charge >= 0.3 is 6.03 Å². The molecule has 6 heteroatoms. The van der Waals surface area contributed by atoms with Crippen LogP contribution in [0.25, 0.3) is 0 Å². The zero-order valence-corrected chi connectivity index (χ0v) is 10.0. The molecule has 0 saturated carbocycles. The molecule has 1 fully saturated rings. The topological polar surface area (TPSA) is 79.5 Å². The fraction of sp³-hybridized carbons (Fsp3) is 0.818. The molecule has 1 saturated heterocycles. The van der Waals surface area contributed by atoms with Gasteiger partial charge < -0.3 is 20.7 Å². The molecule has 0 aromatic heterocycles. The Hall–Kier alpha value is -1.30. The summed E-state index contributed by atoms with van der Waals surface area (Å²) in [6, 6.07) is -0.136. The van der Waals surface area contributed by atoms with Crippen LogP contribution in [0.3, 0.4) is 0 Å². The maximum absolute atomic E-state index is 11.4. The minimum Gasteiger partial charge on any atom is -0.381 e. The molecule has 0 aromatic carbocycles. The Bertz CT molecular complexity index is 230. The molecule has 0 radical (unpaired) electrons. The van der Waals surface area contributed by atoms with Crippen molar-refractivity contribution in [1.29, 1.82) is 0 Å². The van der Waals surface area contributed by atoms with Crippen molar-refractivity contribution < 1.29 is 14.3 Å². The number of urea groups is 1. The number of hydrogen-bond acceptors (Lipinski definition) is 3. The molecule has 0 atom stereocenters. The number of rotatable bonds is 7. The summed E-state index contributed by atoms with van der Waals surface area (Å²) >= 11 is 0. The van der Waals surface area contributed by atoms with Gasteiger partial charge in [0.1, 0.15) is 0 Å². The van der Waals surface area contributed by atoms with E-state index in [0.29, 0.717) is 32.0 Å². The second-order valence-electron chi connectivity index (χ2n) is 4.12.